The Morgan fingerprint density at radius 3 is 2.94 bits per heavy atom. The summed E-state index contributed by atoms with van der Waals surface area (Å²) >= 11 is 0. The van der Waals surface area contributed by atoms with Crippen LogP contribution in [-0.4, -0.2) is 29.9 Å². The second-order valence-electron chi connectivity index (χ2n) is 4.61. The molecular weight excluding hydrogens is 219 g/mol. The molecule has 0 bridgehead atoms. The van der Waals surface area contributed by atoms with E-state index in [0.29, 0.717) is 13.1 Å². The van der Waals surface area contributed by atoms with Crippen LogP contribution >= 0.6 is 0 Å². The molecule has 0 aromatic heterocycles. The van der Waals surface area contributed by atoms with E-state index in [2.05, 4.69) is 0 Å². The Balaban J connectivity index is 2.09. The van der Waals surface area contributed by atoms with E-state index in [4.69, 9.17) is 5.73 Å². The Morgan fingerprint density at radius 1 is 1.59 bits per heavy atom. The van der Waals surface area contributed by atoms with E-state index in [9.17, 15) is 9.18 Å². The predicted octanol–water partition coefficient (Wildman–Crippen LogP) is 1.49. The molecule has 0 spiro atoms. The highest BCUT2D eigenvalue weighted by Gasteiger charge is 2.27. The van der Waals surface area contributed by atoms with Crippen LogP contribution in [0.15, 0.2) is 24.3 Å². The highest BCUT2D eigenvalue weighted by atomic mass is 19.1. The van der Waals surface area contributed by atoms with Crippen molar-refractivity contribution in [2.45, 2.75) is 25.3 Å². The highest BCUT2D eigenvalue weighted by Crippen LogP contribution is 2.21. The van der Waals surface area contributed by atoms with Crippen LogP contribution in [0.3, 0.4) is 0 Å². The van der Waals surface area contributed by atoms with Crippen LogP contribution in [0.25, 0.3) is 0 Å². The Labute approximate surface area is 100 Å². The maximum atomic E-state index is 13.1. The number of likely N-dealkylation sites (tertiary alicyclic amines) is 1. The van der Waals surface area contributed by atoms with Crippen molar-refractivity contribution in [2.24, 2.45) is 5.73 Å². The molecule has 1 fully saturated rings. The molecule has 2 N–H and O–H groups in total. The number of amides is 1. The average molecular weight is 236 g/mol. The third-order valence-corrected chi connectivity index (χ3v) is 3.26. The van der Waals surface area contributed by atoms with Gasteiger partial charge in [0.05, 0.1) is 5.92 Å². The molecule has 2 atom stereocenters. The highest BCUT2D eigenvalue weighted by molar-refractivity contribution is 5.83. The molecule has 1 aliphatic rings. The zero-order chi connectivity index (χ0) is 12.4. The van der Waals surface area contributed by atoms with E-state index >= 15 is 0 Å². The van der Waals surface area contributed by atoms with E-state index in [1.807, 2.05) is 0 Å². The zero-order valence-corrected chi connectivity index (χ0v) is 9.90. The van der Waals surface area contributed by atoms with Gasteiger partial charge in [0.2, 0.25) is 5.91 Å². The molecule has 4 heteroatoms. The molecular formula is C13H17FN2O. The lowest BCUT2D eigenvalue weighted by Crippen LogP contribution is -2.34. The van der Waals surface area contributed by atoms with Crippen LogP contribution in [0.5, 0.6) is 0 Å². The predicted molar refractivity (Wildman–Crippen MR) is 64.0 cm³/mol. The Bertz CT molecular complexity index is 422. The van der Waals surface area contributed by atoms with Crippen molar-refractivity contribution in [3.8, 4) is 0 Å². The Kier molecular flexibility index (Phi) is 3.43. The summed E-state index contributed by atoms with van der Waals surface area (Å²) in [6, 6.07) is 6.29. The number of nitrogens with zero attached hydrogens (tertiary/aromatic N) is 1. The van der Waals surface area contributed by atoms with Gasteiger partial charge in [0.25, 0.3) is 0 Å². The van der Waals surface area contributed by atoms with Crippen molar-refractivity contribution in [3.05, 3.63) is 35.6 Å². The number of hydrogen-bond acceptors (Lipinski definition) is 2. The number of carbonyl (C=O) groups excluding carboxylic acids is 1. The van der Waals surface area contributed by atoms with E-state index in [-0.39, 0.29) is 23.7 Å². The Hall–Kier alpha value is -1.42. The van der Waals surface area contributed by atoms with Crippen molar-refractivity contribution in [1.82, 2.24) is 4.90 Å². The number of nitrogens with two attached hydrogens (primary N) is 1. The van der Waals surface area contributed by atoms with E-state index in [1.54, 1.807) is 24.0 Å². The summed E-state index contributed by atoms with van der Waals surface area (Å²) < 4.78 is 13.1. The molecule has 2 unspecified atom stereocenters. The summed E-state index contributed by atoms with van der Waals surface area (Å²) in [7, 11) is 0. The van der Waals surface area contributed by atoms with Gasteiger partial charge in [-0.15, -0.1) is 0 Å². The third-order valence-electron chi connectivity index (χ3n) is 3.26. The summed E-state index contributed by atoms with van der Waals surface area (Å²) in [6.45, 7) is 3.12. The number of benzene rings is 1. The van der Waals surface area contributed by atoms with Crippen molar-refractivity contribution >= 4 is 5.91 Å². The van der Waals surface area contributed by atoms with E-state index in [1.165, 1.54) is 12.1 Å². The standard InChI is InChI=1S/C13H17FN2O/c1-9(10-3-2-4-11(14)7-10)13(17)16-6-5-12(15)8-16/h2-4,7,9,12H,5-6,8,15H2,1H3. The molecule has 1 amide bonds. The lowest BCUT2D eigenvalue weighted by atomic mass is 10.00. The third kappa shape index (κ3) is 2.64. The van der Waals surface area contributed by atoms with Crippen molar-refractivity contribution in [2.75, 3.05) is 13.1 Å². The summed E-state index contributed by atoms with van der Waals surface area (Å²) in [5.41, 5.74) is 6.49. The minimum atomic E-state index is -0.309. The zero-order valence-electron chi connectivity index (χ0n) is 9.90. The van der Waals surface area contributed by atoms with Crippen molar-refractivity contribution in [1.29, 1.82) is 0 Å². The van der Waals surface area contributed by atoms with Gasteiger partial charge in [-0.2, -0.15) is 0 Å². The molecule has 1 heterocycles. The molecule has 0 saturated carbocycles. The molecule has 2 rings (SSSR count). The summed E-state index contributed by atoms with van der Waals surface area (Å²) in [5.74, 6) is -0.583. The van der Waals surface area contributed by atoms with Gasteiger partial charge >= 0.3 is 0 Å². The first-order valence-corrected chi connectivity index (χ1v) is 5.88. The summed E-state index contributed by atoms with van der Waals surface area (Å²) in [4.78, 5) is 13.9. The average Bonchev–Trinajstić information content (AvgIpc) is 2.74. The van der Waals surface area contributed by atoms with Crippen LogP contribution in [0.4, 0.5) is 4.39 Å². The molecule has 1 saturated heterocycles. The van der Waals surface area contributed by atoms with Gasteiger partial charge in [0, 0.05) is 19.1 Å². The van der Waals surface area contributed by atoms with Gasteiger partial charge in [-0.05, 0) is 31.0 Å². The first-order valence-electron chi connectivity index (χ1n) is 5.88. The smallest absolute Gasteiger partial charge is 0.229 e. The van der Waals surface area contributed by atoms with Crippen LogP contribution < -0.4 is 5.73 Å². The first kappa shape index (κ1) is 12.0. The maximum Gasteiger partial charge on any atom is 0.229 e. The molecule has 1 aromatic rings. The van der Waals surface area contributed by atoms with Gasteiger partial charge in [-0.25, -0.2) is 4.39 Å². The SMILES string of the molecule is CC(C(=O)N1CCC(N)C1)c1cccc(F)c1. The normalized spacial score (nSPS) is 21.6. The lowest BCUT2D eigenvalue weighted by molar-refractivity contribution is -0.131. The monoisotopic (exact) mass is 236 g/mol. The maximum absolute atomic E-state index is 13.1. The minimum absolute atomic E-state index is 0.0311. The molecule has 17 heavy (non-hydrogen) atoms. The largest absolute Gasteiger partial charge is 0.341 e. The molecule has 0 aliphatic carbocycles. The van der Waals surface area contributed by atoms with Gasteiger partial charge in [-0.1, -0.05) is 12.1 Å². The second kappa shape index (κ2) is 4.84. The topological polar surface area (TPSA) is 46.3 Å². The Morgan fingerprint density at radius 2 is 2.35 bits per heavy atom. The number of halogens is 1. The first-order chi connectivity index (χ1) is 8.08. The summed E-state index contributed by atoms with van der Waals surface area (Å²) in [6.07, 6.45) is 0.849. The molecule has 1 aliphatic heterocycles. The molecule has 92 valence electrons. The van der Waals surface area contributed by atoms with E-state index < -0.39 is 0 Å². The minimum Gasteiger partial charge on any atom is -0.341 e. The van der Waals surface area contributed by atoms with E-state index in [0.717, 1.165) is 12.0 Å². The van der Waals surface area contributed by atoms with Gasteiger partial charge in [0.15, 0.2) is 0 Å². The number of carbonyl (C=O) groups is 1. The molecule has 3 nitrogen and oxygen atoms in total. The van der Waals surface area contributed by atoms with Crippen LogP contribution in [0.1, 0.15) is 24.8 Å². The van der Waals surface area contributed by atoms with Crippen LogP contribution in [-0.2, 0) is 4.79 Å². The summed E-state index contributed by atoms with van der Waals surface area (Å²) in [5, 5.41) is 0. The van der Waals surface area contributed by atoms with Gasteiger partial charge in [-0.3, -0.25) is 4.79 Å². The van der Waals surface area contributed by atoms with Crippen molar-refractivity contribution < 1.29 is 9.18 Å². The second-order valence-corrected chi connectivity index (χ2v) is 4.61. The fraction of sp³-hybridized carbons (Fsp3) is 0.462. The number of hydrogen-bond donors (Lipinski definition) is 1. The molecule has 0 radical (unpaired) electrons. The van der Waals surface area contributed by atoms with Crippen LogP contribution in [0.2, 0.25) is 0 Å². The van der Waals surface area contributed by atoms with Gasteiger partial charge < -0.3 is 10.6 Å². The fourth-order valence-corrected chi connectivity index (χ4v) is 2.18. The van der Waals surface area contributed by atoms with Gasteiger partial charge in [0.1, 0.15) is 5.82 Å². The lowest BCUT2D eigenvalue weighted by Gasteiger charge is -2.20. The van der Waals surface area contributed by atoms with Crippen LogP contribution in [0, 0.1) is 5.82 Å². The number of rotatable bonds is 2. The molecule has 1 aromatic carbocycles. The quantitative estimate of drug-likeness (QED) is 0.845. The van der Waals surface area contributed by atoms with Crippen molar-refractivity contribution in [3.63, 3.8) is 0 Å². The fourth-order valence-electron chi connectivity index (χ4n) is 2.18.